The van der Waals surface area contributed by atoms with Gasteiger partial charge in [0.2, 0.25) is 0 Å². The van der Waals surface area contributed by atoms with Crippen LogP contribution in [0.4, 0.5) is 4.39 Å². The van der Waals surface area contributed by atoms with E-state index in [4.69, 9.17) is 4.74 Å². The third-order valence-corrected chi connectivity index (χ3v) is 3.32. The fourth-order valence-electron chi connectivity index (χ4n) is 2.00. The zero-order valence-electron chi connectivity index (χ0n) is 11.3. The van der Waals surface area contributed by atoms with Gasteiger partial charge in [-0.1, -0.05) is 36.4 Å². The van der Waals surface area contributed by atoms with E-state index in [0.29, 0.717) is 18.8 Å². The van der Waals surface area contributed by atoms with Crippen LogP contribution in [0.25, 0.3) is 0 Å². The largest absolute Gasteiger partial charge is 0.493 e. The number of rotatable bonds is 5. The Kier molecular flexibility index (Phi) is 4.37. The Balaban J connectivity index is 2.00. The second kappa shape index (κ2) is 6.21. The second-order valence-electron chi connectivity index (χ2n) is 4.87. The van der Waals surface area contributed by atoms with Crippen LogP contribution in [0.3, 0.4) is 0 Å². The van der Waals surface area contributed by atoms with Crippen LogP contribution in [0.1, 0.15) is 18.9 Å². The average molecular weight is 269 g/mol. The highest BCUT2D eigenvalue weighted by molar-refractivity contribution is 5.31. The Hall–Kier alpha value is -2.34. The van der Waals surface area contributed by atoms with E-state index in [0.717, 1.165) is 5.56 Å². The SMILES string of the molecule is CC(C#N)(CCOc1cccc(F)c1)c1ccccc1. The summed E-state index contributed by atoms with van der Waals surface area (Å²) < 4.78 is 18.5. The number of nitriles is 1. The van der Waals surface area contributed by atoms with Crippen molar-refractivity contribution in [1.82, 2.24) is 0 Å². The highest BCUT2D eigenvalue weighted by Crippen LogP contribution is 2.27. The van der Waals surface area contributed by atoms with Crippen LogP contribution in [0.15, 0.2) is 54.6 Å². The highest BCUT2D eigenvalue weighted by Gasteiger charge is 2.26. The lowest BCUT2D eigenvalue weighted by atomic mass is 9.81. The van der Waals surface area contributed by atoms with Gasteiger partial charge in [-0.25, -0.2) is 4.39 Å². The molecule has 0 aromatic heterocycles. The Bertz CT molecular complexity index is 606. The summed E-state index contributed by atoms with van der Waals surface area (Å²) in [6.45, 7) is 2.25. The lowest BCUT2D eigenvalue weighted by Crippen LogP contribution is -2.22. The lowest BCUT2D eigenvalue weighted by molar-refractivity contribution is 0.284. The maximum absolute atomic E-state index is 13.0. The minimum atomic E-state index is -0.603. The molecule has 102 valence electrons. The molecular formula is C17H16FNO. The molecule has 0 spiro atoms. The smallest absolute Gasteiger partial charge is 0.126 e. The molecule has 0 bridgehead atoms. The fourth-order valence-corrected chi connectivity index (χ4v) is 2.00. The van der Waals surface area contributed by atoms with Crippen LogP contribution >= 0.6 is 0 Å². The van der Waals surface area contributed by atoms with E-state index < -0.39 is 5.41 Å². The Labute approximate surface area is 118 Å². The van der Waals surface area contributed by atoms with Gasteiger partial charge in [0, 0.05) is 12.5 Å². The first-order valence-corrected chi connectivity index (χ1v) is 6.49. The van der Waals surface area contributed by atoms with E-state index >= 15 is 0 Å². The fraction of sp³-hybridized carbons (Fsp3) is 0.235. The van der Waals surface area contributed by atoms with Crippen molar-refractivity contribution >= 4 is 0 Å². The second-order valence-corrected chi connectivity index (χ2v) is 4.87. The van der Waals surface area contributed by atoms with E-state index in [1.54, 1.807) is 12.1 Å². The molecule has 0 heterocycles. The minimum absolute atomic E-state index is 0.325. The third-order valence-electron chi connectivity index (χ3n) is 3.32. The number of hydrogen-bond acceptors (Lipinski definition) is 2. The number of hydrogen-bond donors (Lipinski definition) is 0. The van der Waals surface area contributed by atoms with Crippen molar-refractivity contribution in [2.45, 2.75) is 18.8 Å². The molecule has 2 rings (SSSR count). The van der Waals surface area contributed by atoms with E-state index in [1.165, 1.54) is 12.1 Å². The summed E-state index contributed by atoms with van der Waals surface area (Å²) in [5.74, 6) is 0.159. The van der Waals surface area contributed by atoms with E-state index in [2.05, 4.69) is 6.07 Å². The molecule has 2 aromatic rings. The van der Waals surface area contributed by atoms with Crippen molar-refractivity contribution in [2.75, 3.05) is 6.61 Å². The molecule has 0 N–H and O–H groups in total. The molecule has 3 heteroatoms. The van der Waals surface area contributed by atoms with E-state index in [1.807, 2.05) is 37.3 Å². The molecule has 2 aromatic carbocycles. The molecular weight excluding hydrogens is 253 g/mol. The monoisotopic (exact) mass is 269 g/mol. The molecule has 0 saturated heterocycles. The van der Waals surface area contributed by atoms with Gasteiger partial charge < -0.3 is 4.74 Å². The molecule has 0 aliphatic carbocycles. The molecule has 0 aliphatic heterocycles. The standard InChI is InChI=1S/C17H16FNO/c1-17(13-19,14-6-3-2-4-7-14)10-11-20-16-9-5-8-15(18)12-16/h2-9,12H,10-11H2,1H3. The summed E-state index contributed by atoms with van der Waals surface area (Å²) in [7, 11) is 0. The third kappa shape index (κ3) is 3.36. The van der Waals surface area contributed by atoms with E-state index in [-0.39, 0.29) is 5.82 Å². The number of halogens is 1. The van der Waals surface area contributed by atoms with Crippen molar-refractivity contribution in [3.63, 3.8) is 0 Å². The predicted octanol–water partition coefficient (Wildman–Crippen LogP) is 4.08. The van der Waals surface area contributed by atoms with Crippen molar-refractivity contribution < 1.29 is 9.13 Å². The van der Waals surface area contributed by atoms with Crippen molar-refractivity contribution in [2.24, 2.45) is 0 Å². The quantitative estimate of drug-likeness (QED) is 0.819. The van der Waals surface area contributed by atoms with Crippen LogP contribution in [-0.2, 0) is 5.41 Å². The molecule has 1 atom stereocenters. The van der Waals surface area contributed by atoms with Crippen LogP contribution < -0.4 is 4.74 Å². The topological polar surface area (TPSA) is 33.0 Å². The van der Waals surface area contributed by atoms with Gasteiger partial charge in [0.05, 0.1) is 18.1 Å². The summed E-state index contributed by atoms with van der Waals surface area (Å²) in [4.78, 5) is 0. The first-order valence-electron chi connectivity index (χ1n) is 6.49. The van der Waals surface area contributed by atoms with Crippen molar-refractivity contribution in [3.8, 4) is 11.8 Å². The lowest BCUT2D eigenvalue weighted by Gasteiger charge is -2.22. The molecule has 0 fully saturated rings. The zero-order chi connectivity index (χ0) is 14.4. The minimum Gasteiger partial charge on any atom is -0.493 e. The first kappa shape index (κ1) is 14.1. The Morgan fingerprint density at radius 3 is 2.55 bits per heavy atom. The Morgan fingerprint density at radius 2 is 1.90 bits per heavy atom. The number of benzene rings is 2. The van der Waals surface area contributed by atoms with Crippen LogP contribution in [-0.4, -0.2) is 6.61 Å². The van der Waals surface area contributed by atoms with Gasteiger partial charge in [0.25, 0.3) is 0 Å². The summed E-state index contributed by atoms with van der Waals surface area (Å²) in [5.41, 5.74) is 0.361. The zero-order valence-corrected chi connectivity index (χ0v) is 11.3. The molecule has 0 saturated carbocycles. The maximum Gasteiger partial charge on any atom is 0.126 e. The number of nitrogens with zero attached hydrogens (tertiary/aromatic N) is 1. The summed E-state index contributed by atoms with van der Waals surface area (Å²) in [5, 5.41) is 9.41. The molecule has 0 radical (unpaired) electrons. The summed E-state index contributed by atoms with van der Waals surface area (Å²) >= 11 is 0. The van der Waals surface area contributed by atoms with Gasteiger partial charge in [-0.3, -0.25) is 0 Å². The van der Waals surface area contributed by atoms with Gasteiger partial charge in [-0.05, 0) is 24.6 Å². The average Bonchev–Trinajstić information content (AvgIpc) is 2.48. The predicted molar refractivity (Wildman–Crippen MR) is 75.9 cm³/mol. The van der Waals surface area contributed by atoms with Crippen molar-refractivity contribution in [3.05, 3.63) is 66.0 Å². The highest BCUT2D eigenvalue weighted by atomic mass is 19.1. The normalized spacial score (nSPS) is 13.2. The van der Waals surface area contributed by atoms with Gasteiger partial charge in [-0.2, -0.15) is 5.26 Å². The number of ether oxygens (including phenoxy) is 1. The summed E-state index contributed by atoms with van der Waals surface area (Å²) in [6.07, 6.45) is 0.546. The Morgan fingerprint density at radius 1 is 1.15 bits per heavy atom. The van der Waals surface area contributed by atoms with Gasteiger partial charge >= 0.3 is 0 Å². The van der Waals surface area contributed by atoms with Crippen LogP contribution in [0.2, 0.25) is 0 Å². The van der Waals surface area contributed by atoms with Gasteiger partial charge in [0.1, 0.15) is 11.6 Å². The molecule has 1 unspecified atom stereocenters. The molecule has 0 amide bonds. The van der Waals surface area contributed by atoms with Crippen LogP contribution in [0.5, 0.6) is 5.75 Å². The molecule has 20 heavy (non-hydrogen) atoms. The first-order chi connectivity index (χ1) is 9.64. The van der Waals surface area contributed by atoms with E-state index in [9.17, 15) is 9.65 Å². The molecule has 0 aliphatic rings. The summed E-state index contributed by atoms with van der Waals surface area (Å²) in [6, 6.07) is 18.0. The van der Waals surface area contributed by atoms with Gasteiger partial charge in [0.15, 0.2) is 0 Å². The van der Waals surface area contributed by atoms with Gasteiger partial charge in [-0.15, -0.1) is 0 Å². The maximum atomic E-state index is 13.0. The van der Waals surface area contributed by atoms with Crippen LogP contribution in [0, 0.1) is 17.1 Å². The van der Waals surface area contributed by atoms with Crippen molar-refractivity contribution in [1.29, 1.82) is 5.26 Å². The molecule has 2 nitrogen and oxygen atoms in total.